The lowest BCUT2D eigenvalue weighted by molar-refractivity contribution is -0.136. The minimum absolute atomic E-state index is 0.167. The highest BCUT2D eigenvalue weighted by molar-refractivity contribution is 5.95. The average Bonchev–Trinajstić information content (AvgIpc) is 2.57. The maximum Gasteiger partial charge on any atom is 0.337 e. The Morgan fingerprint density at radius 3 is 2.44 bits per heavy atom. The number of urea groups is 1. The molecular formula is C18H23N3O4. The molecule has 0 aromatic heterocycles. The molecule has 2 N–H and O–H groups in total. The Balaban J connectivity index is 2.42. The van der Waals surface area contributed by atoms with Crippen LogP contribution in [0.3, 0.4) is 0 Å². The monoisotopic (exact) mass is 345 g/mol. The number of allylic oxidation sites excluding steroid dienone is 1. The summed E-state index contributed by atoms with van der Waals surface area (Å²) in [6.07, 6.45) is 0.773. The SMILES string of the molecule is CCCN1C(=O)NC(c2ccc(NC(C)=O)cc2)C(C(=O)OC)=C1C. The van der Waals surface area contributed by atoms with Crippen LogP contribution < -0.4 is 10.6 Å². The van der Waals surface area contributed by atoms with Crippen LogP contribution in [-0.2, 0) is 14.3 Å². The number of amides is 3. The van der Waals surface area contributed by atoms with Gasteiger partial charge in [-0.3, -0.25) is 9.69 Å². The molecule has 1 aliphatic rings. The number of anilines is 1. The first-order chi connectivity index (χ1) is 11.9. The molecule has 1 aromatic carbocycles. The molecule has 7 nitrogen and oxygen atoms in total. The maximum absolute atomic E-state index is 12.4. The molecule has 0 radical (unpaired) electrons. The third kappa shape index (κ3) is 3.99. The second-order valence-electron chi connectivity index (χ2n) is 5.83. The molecule has 1 unspecified atom stereocenters. The fraction of sp³-hybridized carbons (Fsp3) is 0.389. The zero-order valence-electron chi connectivity index (χ0n) is 14.9. The molecule has 0 aliphatic carbocycles. The van der Waals surface area contributed by atoms with Crippen LogP contribution in [0.25, 0.3) is 0 Å². The first kappa shape index (κ1) is 18.5. The van der Waals surface area contributed by atoms with Crippen molar-refractivity contribution in [3.8, 4) is 0 Å². The van der Waals surface area contributed by atoms with Crippen molar-refractivity contribution in [1.29, 1.82) is 0 Å². The van der Waals surface area contributed by atoms with Gasteiger partial charge in [-0.1, -0.05) is 19.1 Å². The molecule has 1 aromatic rings. The van der Waals surface area contributed by atoms with Crippen molar-refractivity contribution in [3.63, 3.8) is 0 Å². The molecule has 1 heterocycles. The third-order valence-electron chi connectivity index (χ3n) is 4.01. The fourth-order valence-corrected chi connectivity index (χ4v) is 2.86. The molecule has 0 bridgehead atoms. The quantitative estimate of drug-likeness (QED) is 0.803. The van der Waals surface area contributed by atoms with Crippen LogP contribution in [0.1, 0.15) is 38.8 Å². The van der Waals surface area contributed by atoms with Gasteiger partial charge in [-0.05, 0) is 31.0 Å². The summed E-state index contributed by atoms with van der Waals surface area (Å²) in [6.45, 7) is 5.66. The van der Waals surface area contributed by atoms with Gasteiger partial charge in [-0.15, -0.1) is 0 Å². The van der Waals surface area contributed by atoms with Gasteiger partial charge >= 0.3 is 12.0 Å². The highest BCUT2D eigenvalue weighted by Crippen LogP contribution is 2.31. The summed E-state index contributed by atoms with van der Waals surface area (Å²) in [6, 6.07) is 6.14. The summed E-state index contributed by atoms with van der Waals surface area (Å²) >= 11 is 0. The number of methoxy groups -OCH3 is 1. The van der Waals surface area contributed by atoms with E-state index in [2.05, 4.69) is 10.6 Å². The number of hydrogen-bond donors (Lipinski definition) is 2. The van der Waals surface area contributed by atoms with Crippen LogP contribution in [0.4, 0.5) is 10.5 Å². The number of nitrogens with zero attached hydrogens (tertiary/aromatic N) is 1. The highest BCUT2D eigenvalue weighted by atomic mass is 16.5. The number of benzene rings is 1. The lowest BCUT2D eigenvalue weighted by Gasteiger charge is -2.35. The van der Waals surface area contributed by atoms with Gasteiger partial charge in [-0.25, -0.2) is 9.59 Å². The van der Waals surface area contributed by atoms with E-state index < -0.39 is 12.0 Å². The van der Waals surface area contributed by atoms with Crippen molar-refractivity contribution in [2.24, 2.45) is 0 Å². The van der Waals surface area contributed by atoms with Gasteiger partial charge in [0.1, 0.15) is 0 Å². The normalized spacial score (nSPS) is 17.2. The largest absolute Gasteiger partial charge is 0.466 e. The number of hydrogen-bond acceptors (Lipinski definition) is 4. The van der Waals surface area contributed by atoms with Crippen molar-refractivity contribution < 1.29 is 19.1 Å². The van der Waals surface area contributed by atoms with Crippen LogP contribution >= 0.6 is 0 Å². The topological polar surface area (TPSA) is 87.7 Å². The van der Waals surface area contributed by atoms with Gasteiger partial charge in [0.15, 0.2) is 0 Å². The number of rotatable bonds is 5. The van der Waals surface area contributed by atoms with Crippen LogP contribution in [0.15, 0.2) is 35.5 Å². The summed E-state index contributed by atoms with van der Waals surface area (Å²) in [5, 5.41) is 5.55. The number of carbonyl (C=O) groups excluding carboxylic acids is 3. The Morgan fingerprint density at radius 2 is 1.92 bits per heavy atom. The molecule has 0 saturated heterocycles. The number of carbonyl (C=O) groups is 3. The molecule has 1 atom stereocenters. The summed E-state index contributed by atoms with van der Waals surface area (Å²) in [5.41, 5.74) is 2.38. The van der Waals surface area contributed by atoms with E-state index in [1.54, 1.807) is 36.1 Å². The number of ether oxygens (including phenoxy) is 1. The molecule has 134 valence electrons. The lowest BCUT2D eigenvalue weighted by atomic mass is 9.94. The van der Waals surface area contributed by atoms with Crippen molar-refractivity contribution >= 4 is 23.6 Å². The molecule has 0 fully saturated rings. The lowest BCUT2D eigenvalue weighted by Crippen LogP contribution is -2.48. The zero-order chi connectivity index (χ0) is 18.6. The summed E-state index contributed by atoms with van der Waals surface area (Å²) in [7, 11) is 1.32. The molecule has 0 saturated carbocycles. The Hall–Kier alpha value is -2.83. The molecule has 3 amide bonds. The van der Waals surface area contributed by atoms with Gasteiger partial charge in [0, 0.05) is 24.9 Å². The first-order valence-electron chi connectivity index (χ1n) is 8.13. The molecule has 25 heavy (non-hydrogen) atoms. The van der Waals surface area contributed by atoms with E-state index in [1.807, 2.05) is 6.92 Å². The smallest absolute Gasteiger partial charge is 0.337 e. The zero-order valence-corrected chi connectivity index (χ0v) is 14.9. The minimum Gasteiger partial charge on any atom is -0.466 e. The molecule has 0 spiro atoms. The molecular weight excluding hydrogens is 322 g/mol. The molecule has 2 rings (SSSR count). The number of nitrogens with one attached hydrogen (secondary N) is 2. The van der Waals surface area contributed by atoms with Gasteiger partial charge in [0.25, 0.3) is 0 Å². The van der Waals surface area contributed by atoms with Gasteiger partial charge in [-0.2, -0.15) is 0 Å². The Bertz CT molecular complexity index is 710. The Kier molecular flexibility index (Phi) is 5.80. The van der Waals surface area contributed by atoms with Crippen molar-refractivity contribution in [2.45, 2.75) is 33.2 Å². The van der Waals surface area contributed by atoms with E-state index in [0.29, 0.717) is 23.5 Å². The van der Waals surface area contributed by atoms with Gasteiger partial charge in [0.05, 0.1) is 18.7 Å². The second kappa shape index (κ2) is 7.83. The van der Waals surface area contributed by atoms with E-state index in [9.17, 15) is 14.4 Å². The summed E-state index contributed by atoms with van der Waals surface area (Å²) in [5.74, 6) is -0.644. The Labute approximate surface area is 147 Å². The standard InChI is InChI=1S/C18H23N3O4/c1-5-10-21-11(2)15(17(23)25-4)16(20-18(21)24)13-6-8-14(9-7-13)19-12(3)22/h6-9,16H,5,10H2,1-4H3,(H,19,22)(H,20,24). The highest BCUT2D eigenvalue weighted by Gasteiger charge is 2.35. The van der Waals surface area contributed by atoms with Crippen LogP contribution in [0, 0.1) is 0 Å². The molecule has 7 heteroatoms. The van der Waals surface area contributed by atoms with Crippen LogP contribution in [0.5, 0.6) is 0 Å². The van der Waals surface area contributed by atoms with Crippen molar-refractivity contribution in [1.82, 2.24) is 10.2 Å². The van der Waals surface area contributed by atoms with E-state index in [0.717, 1.165) is 12.0 Å². The van der Waals surface area contributed by atoms with Crippen LogP contribution in [-0.4, -0.2) is 36.5 Å². The fourth-order valence-electron chi connectivity index (χ4n) is 2.86. The summed E-state index contributed by atoms with van der Waals surface area (Å²) in [4.78, 5) is 37.4. The third-order valence-corrected chi connectivity index (χ3v) is 4.01. The van der Waals surface area contributed by atoms with Crippen molar-refractivity contribution in [3.05, 3.63) is 41.1 Å². The van der Waals surface area contributed by atoms with Gasteiger partial charge < -0.3 is 15.4 Å². The molecule has 1 aliphatic heterocycles. The summed E-state index contributed by atoms with van der Waals surface area (Å²) < 4.78 is 4.92. The maximum atomic E-state index is 12.4. The average molecular weight is 345 g/mol. The Morgan fingerprint density at radius 1 is 1.28 bits per heavy atom. The minimum atomic E-state index is -0.598. The predicted molar refractivity (Wildman–Crippen MR) is 93.7 cm³/mol. The van der Waals surface area contributed by atoms with Crippen molar-refractivity contribution in [2.75, 3.05) is 19.0 Å². The van der Waals surface area contributed by atoms with E-state index in [4.69, 9.17) is 4.74 Å². The van der Waals surface area contributed by atoms with E-state index in [-0.39, 0.29) is 11.9 Å². The van der Waals surface area contributed by atoms with Gasteiger partial charge in [0.2, 0.25) is 5.91 Å². The predicted octanol–water partition coefficient (Wildman–Crippen LogP) is 2.57. The van der Waals surface area contributed by atoms with Crippen LogP contribution in [0.2, 0.25) is 0 Å². The van der Waals surface area contributed by atoms with E-state index >= 15 is 0 Å². The first-order valence-corrected chi connectivity index (χ1v) is 8.13. The number of esters is 1. The second-order valence-corrected chi connectivity index (χ2v) is 5.83. The van der Waals surface area contributed by atoms with E-state index in [1.165, 1.54) is 14.0 Å².